The molecule has 1 radical (unpaired) electrons. The number of hydrogen-bond donors (Lipinski definition) is 3. The van der Waals surface area contributed by atoms with Crippen LogP contribution in [0, 0.1) is 11.8 Å². The molecule has 0 bridgehead atoms. The minimum absolute atomic E-state index is 0.0315. The molecule has 1 aromatic carbocycles. The van der Waals surface area contributed by atoms with Gasteiger partial charge in [0.2, 0.25) is 25.1 Å². The van der Waals surface area contributed by atoms with Gasteiger partial charge in [0.1, 0.15) is 12.1 Å². The third kappa shape index (κ3) is 9.80. The molecular weight excluding hydrogens is 489 g/mol. The van der Waals surface area contributed by atoms with E-state index in [1.54, 1.807) is 4.90 Å². The highest BCUT2D eigenvalue weighted by Crippen LogP contribution is 2.25. The molecule has 0 aromatic heterocycles. The van der Waals surface area contributed by atoms with Gasteiger partial charge in [-0.25, -0.2) is 0 Å². The normalized spacial score (nSPS) is 21.1. The Morgan fingerprint density at radius 1 is 1.10 bits per heavy atom. The van der Waals surface area contributed by atoms with E-state index in [1.807, 2.05) is 44.2 Å². The summed E-state index contributed by atoms with van der Waals surface area (Å²) in [6.45, 7) is 9.19. The Hall–Kier alpha value is -2.65. The average Bonchev–Trinajstić information content (AvgIpc) is 3.63. The minimum atomic E-state index is -0.665. The monoisotopic (exact) mass is 536 g/mol. The molecule has 5 atom stereocenters. The van der Waals surface area contributed by atoms with Crippen molar-refractivity contribution >= 4 is 25.1 Å². The second-order valence-electron chi connectivity index (χ2n) is 11.6. The highest BCUT2D eigenvalue weighted by molar-refractivity contribution is 6.43. The molecule has 4 N–H and O–H groups in total. The Morgan fingerprint density at radius 3 is 2.44 bits per heavy atom. The number of rotatable bonds is 15. The minimum Gasteiger partial charge on any atom is -0.352 e. The topological polar surface area (TPSA) is 108 Å². The van der Waals surface area contributed by atoms with Crippen LogP contribution < -0.4 is 16.4 Å². The smallest absolute Gasteiger partial charge is 0.243 e. The summed E-state index contributed by atoms with van der Waals surface area (Å²) in [4.78, 5) is 44.2. The maximum Gasteiger partial charge on any atom is 0.243 e. The second kappa shape index (κ2) is 15.2. The first-order valence-electron chi connectivity index (χ1n) is 14.6. The molecular formula is C30H47BN5O3. The van der Waals surface area contributed by atoms with Gasteiger partial charge in [0.25, 0.3) is 0 Å². The SMILES string of the molecule is CC(C)C[C@@H](/C=C/C(Cc1ccccc1)C(=O)N1CCC[C@H]1C(=O)N[C@@H](CCCN)C(=O)NC(C)C)N1[B]C1. The number of nitrogens with one attached hydrogen (secondary N) is 2. The van der Waals surface area contributed by atoms with Crippen LogP contribution in [-0.2, 0) is 20.8 Å². The number of hydrogen-bond acceptors (Lipinski definition) is 5. The van der Waals surface area contributed by atoms with Gasteiger partial charge in [-0.15, -0.1) is 0 Å². The summed E-state index contributed by atoms with van der Waals surface area (Å²) >= 11 is 0. The third-order valence-corrected chi connectivity index (χ3v) is 7.31. The van der Waals surface area contributed by atoms with E-state index in [1.165, 1.54) is 0 Å². The van der Waals surface area contributed by atoms with Gasteiger partial charge in [-0.1, -0.05) is 56.3 Å². The molecule has 2 unspecified atom stereocenters. The van der Waals surface area contributed by atoms with Crippen molar-refractivity contribution in [2.75, 3.05) is 19.5 Å². The molecule has 1 aromatic rings. The van der Waals surface area contributed by atoms with Crippen LogP contribution in [0.4, 0.5) is 0 Å². The van der Waals surface area contributed by atoms with E-state index < -0.39 is 12.1 Å². The van der Waals surface area contributed by atoms with Crippen LogP contribution in [0.25, 0.3) is 0 Å². The van der Waals surface area contributed by atoms with Crippen molar-refractivity contribution in [1.29, 1.82) is 0 Å². The van der Waals surface area contributed by atoms with Gasteiger partial charge < -0.3 is 26.1 Å². The lowest BCUT2D eigenvalue weighted by Gasteiger charge is -2.29. The predicted octanol–water partition coefficient (Wildman–Crippen LogP) is 2.45. The lowest BCUT2D eigenvalue weighted by atomic mass is 9.94. The van der Waals surface area contributed by atoms with E-state index in [4.69, 9.17) is 5.73 Å². The third-order valence-electron chi connectivity index (χ3n) is 7.31. The first-order valence-corrected chi connectivity index (χ1v) is 14.6. The largest absolute Gasteiger partial charge is 0.352 e. The van der Waals surface area contributed by atoms with Gasteiger partial charge in [0.05, 0.1) is 5.92 Å². The molecule has 3 rings (SSSR count). The number of nitrogens with two attached hydrogens (primary N) is 1. The van der Waals surface area contributed by atoms with Crippen molar-refractivity contribution in [2.24, 2.45) is 17.6 Å². The molecule has 2 saturated heterocycles. The predicted molar refractivity (Wildman–Crippen MR) is 157 cm³/mol. The molecule has 0 aliphatic carbocycles. The summed E-state index contributed by atoms with van der Waals surface area (Å²) in [5.74, 6) is -0.330. The van der Waals surface area contributed by atoms with E-state index in [2.05, 4.69) is 48.9 Å². The molecule has 2 aliphatic rings. The van der Waals surface area contributed by atoms with Crippen molar-refractivity contribution in [2.45, 2.75) is 90.4 Å². The van der Waals surface area contributed by atoms with Gasteiger partial charge >= 0.3 is 0 Å². The molecule has 0 saturated carbocycles. The number of nitrogens with zero attached hydrogens (tertiary/aromatic N) is 2. The van der Waals surface area contributed by atoms with Crippen LogP contribution >= 0.6 is 0 Å². The van der Waals surface area contributed by atoms with Crippen LogP contribution in [0.5, 0.6) is 0 Å². The van der Waals surface area contributed by atoms with Crippen LogP contribution in [0.3, 0.4) is 0 Å². The number of carbonyl (C=O) groups is 3. The fourth-order valence-corrected chi connectivity index (χ4v) is 5.25. The Morgan fingerprint density at radius 2 is 1.82 bits per heavy atom. The molecule has 3 amide bonds. The van der Waals surface area contributed by atoms with Crippen molar-refractivity contribution in [3.8, 4) is 0 Å². The van der Waals surface area contributed by atoms with Gasteiger partial charge in [-0.2, -0.15) is 0 Å². The number of carbonyl (C=O) groups excluding carboxylic acids is 3. The maximum absolute atomic E-state index is 14.0. The molecule has 2 aliphatic heterocycles. The zero-order chi connectivity index (χ0) is 28.4. The Bertz CT molecular complexity index is 967. The van der Waals surface area contributed by atoms with Crippen molar-refractivity contribution in [3.63, 3.8) is 0 Å². The standard InChI is InChI=1S/C30H47BN5O3/c1-21(2)18-25(36-20-31-36)15-14-24(19-23-10-6-5-7-11-23)30(39)35-17-9-13-27(35)29(38)34-26(12-8-16-32)28(37)33-22(3)4/h5-7,10-11,14-15,21-22,24-27H,8-9,12-13,16-20,32H2,1-4H3,(H,33,37)(H,34,38)/b15-14+/t24?,25-,26+,27+,36?/m1/s1. The van der Waals surface area contributed by atoms with E-state index in [-0.39, 0.29) is 35.7 Å². The van der Waals surface area contributed by atoms with Gasteiger partial charge in [-0.05, 0) is 76.8 Å². The zero-order valence-electron chi connectivity index (χ0n) is 24.1. The summed E-state index contributed by atoms with van der Waals surface area (Å²) in [6.07, 6.45) is 9.25. The van der Waals surface area contributed by atoms with Crippen LogP contribution in [-0.4, -0.2) is 78.5 Å². The number of amides is 3. The second-order valence-corrected chi connectivity index (χ2v) is 11.6. The van der Waals surface area contributed by atoms with E-state index in [9.17, 15) is 14.4 Å². The lowest BCUT2D eigenvalue weighted by molar-refractivity contribution is -0.141. The fraction of sp³-hybridized carbons (Fsp3) is 0.633. The van der Waals surface area contributed by atoms with E-state index >= 15 is 0 Å². The molecule has 213 valence electrons. The molecule has 2 heterocycles. The molecule has 2 fully saturated rings. The van der Waals surface area contributed by atoms with Crippen LogP contribution in [0.15, 0.2) is 42.5 Å². The summed E-state index contributed by atoms with van der Waals surface area (Å²) in [5, 5.41) is 5.83. The quantitative estimate of drug-likeness (QED) is 0.181. The summed E-state index contributed by atoms with van der Waals surface area (Å²) < 4.78 is 0. The lowest BCUT2D eigenvalue weighted by Crippen LogP contribution is -2.54. The molecule has 9 heteroatoms. The summed E-state index contributed by atoms with van der Waals surface area (Å²) in [6, 6.07) is 9.03. The number of likely N-dealkylation sites (tertiary alicyclic amines) is 1. The molecule has 39 heavy (non-hydrogen) atoms. The van der Waals surface area contributed by atoms with Crippen LogP contribution in [0.1, 0.15) is 65.4 Å². The number of benzene rings is 1. The first kappa shape index (κ1) is 30.9. The van der Waals surface area contributed by atoms with Crippen molar-refractivity contribution in [3.05, 3.63) is 48.0 Å². The van der Waals surface area contributed by atoms with E-state index in [0.29, 0.717) is 44.7 Å². The highest BCUT2D eigenvalue weighted by Gasteiger charge is 2.38. The Labute approximate surface area is 235 Å². The molecule has 0 spiro atoms. The summed E-state index contributed by atoms with van der Waals surface area (Å²) in [7, 11) is 2.18. The van der Waals surface area contributed by atoms with Gasteiger partial charge in [0.15, 0.2) is 0 Å². The first-order chi connectivity index (χ1) is 18.7. The van der Waals surface area contributed by atoms with Crippen molar-refractivity contribution in [1.82, 2.24) is 20.3 Å². The molecule has 8 nitrogen and oxygen atoms in total. The Balaban J connectivity index is 1.77. The van der Waals surface area contributed by atoms with Gasteiger partial charge in [0, 0.05) is 18.6 Å². The maximum atomic E-state index is 14.0. The Kier molecular flexibility index (Phi) is 12.1. The van der Waals surface area contributed by atoms with E-state index in [0.717, 1.165) is 24.8 Å². The van der Waals surface area contributed by atoms with Gasteiger partial charge in [-0.3, -0.25) is 14.4 Å². The fourth-order valence-electron chi connectivity index (χ4n) is 5.25. The highest BCUT2D eigenvalue weighted by atomic mass is 16.2. The zero-order valence-corrected chi connectivity index (χ0v) is 24.1. The summed E-state index contributed by atoms with van der Waals surface area (Å²) in [5.41, 5.74) is 6.77. The van der Waals surface area contributed by atoms with Crippen LogP contribution in [0.2, 0.25) is 0 Å². The average molecular weight is 537 g/mol. The van der Waals surface area contributed by atoms with Crippen molar-refractivity contribution < 1.29 is 14.4 Å².